The summed E-state index contributed by atoms with van der Waals surface area (Å²) in [5.41, 5.74) is 6.14. The number of amides is 1. The molecule has 0 saturated heterocycles. The number of hydrogen-bond donors (Lipinski definition) is 5. The molecule has 1 aromatic carbocycles. The minimum Gasteiger partial charge on any atom is -0.504 e. The number of nitrogens with one attached hydrogen (secondary N) is 1. The fraction of sp³-hybridized carbons (Fsp3) is 0.429. The van der Waals surface area contributed by atoms with Crippen LogP contribution in [0.5, 0.6) is 11.5 Å². The number of aliphatic carboxylic acids is 1. The molecule has 0 fully saturated rings. The monoisotopic (exact) mass is 296 g/mol. The Morgan fingerprint density at radius 3 is 2.33 bits per heavy atom. The van der Waals surface area contributed by atoms with Gasteiger partial charge in [0, 0.05) is 6.42 Å². The number of rotatable bonds is 6. The predicted octanol–water partition coefficient (Wildman–Crippen LogP) is 0.193. The molecular weight excluding hydrogens is 276 g/mol. The van der Waals surface area contributed by atoms with Crippen molar-refractivity contribution < 1.29 is 24.9 Å². The molecule has 1 amide bonds. The molecule has 0 radical (unpaired) electrons. The molecule has 0 saturated carbocycles. The normalized spacial score (nSPS) is 13.7. The average Bonchev–Trinajstić information content (AvgIpc) is 2.40. The van der Waals surface area contributed by atoms with Gasteiger partial charge in [0.2, 0.25) is 5.91 Å². The van der Waals surface area contributed by atoms with Crippen LogP contribution in [0.4, 0.5) is 0 Å². The van der Waals surface area contributed by atoms with Crippen molar-refractivity contribution in [2.24, 2.45) is 11.7 Å². The van der Waals surface area contributed by atoms with Gasteiger partial charge in [-0.15, -0.1) is 0 Å². The van der Waals surface area contributed by atoms with E-state index in [9.17, 15) is 19.8 Å². The van der Waals surface area contributed by atoms with E-state index in [4.69, 9.17) is 10.8 Å². The molecule has 21 heavy (non-hydrogen) atoms. The lowest BCUT2D eigenvalue weighted by Gasteiger charge is -2.20. The van der Waals surface area contributed by atoms with E-state index in [2.05, 4.69) is 5.32 Å². The van der Waals surface area contributed by atoms with Crippen molar-refractivity contribution in [1.82, 2.24) is 5.32 Å². The number of carbonyl (C=O) groups excluding carboxylic acids is 1. The predicted molar refractivity (Wildman–Crippen MR) is 75.9 cm³/mol. The summed E-state index contributed by atoms with van der Waals surface area (Å²) in [6, 6.07) is 2.02. The molecule has 0 aliphatic carbocycles. The van der Waals surface area contributed by atoms with Crippen LogP contribution >= 0.6 is 0 Å². The summed E-state index contributed by atoms with van der Waals surface area (Å²) in [5.74, 6) is -2.50. The molecular formula is C14H20N2O5. The molecule has 0 aliphatic heterocycles. The Hall–Kier alpha value is -2.28. The summed E-state index contributed by atoms with van der Waals surface area (Å²) in [4.78, 5) is 23.0. The summed E-state index contributed by atoms with van der Waals surface area (Å²) >= 11 is 0. The van der Waals surface area contributed by atoms with E-state index in [1.54, 1.807) is 13.8 Å². The van der Waals surface area contributed by atoms with Crippen molar-refractivity contribution in [3.05, 3.63) is 23.8 Å². The van der Waals surface area contributed by atoms with Crippen LogP contribution in [0.1, 0.15) is 19.4 Å². The lowest BCUT2D eigenvalue weighted by molar-refractivity contribution is -0.142. The summed E-state index contributed by atoms with van der Waals surface area (Å²) in [5, 5.41) is 30.1. The maximum absolute atomic E-state index is 11.8. The van der Waals surface area contributed by atoms with Crippen molar-refractivity contribution in [2.45, 2.75) is 32.4 Å². The highest BCUT2D eigenvalue weighted by molar-refractivity contribution is 5.87. The van der Waals surface area contributed by atoms with Gasteiger partial charge in [0.25, 0.3) is 0 Å². The van der Waals surface area contributed by atoms with Crippen molar-refractivity contribution in [3.63, 3.8) is 0 Å². The SMILES string of the molecule is CC(C)C(N)C(=O)N[C@@H](Cc1ccc(O)c(O)c1)C(=O)O. The topological polar surface area (TPSA) is 133 Å². The molecule has 0 bridgehead atoms. The van der Waals surface area contributed by atoms with Crippen LogP contribution in [0.2, 0.25) is 0 Å². The van der Waals surface area contributed by atoms with Gasteiger partial charge < -0.3 is 26.4 Å². The first-order chi connectivity index (χ1) is 9.72. The summed E-state index contributed by atoms with van der Waals surface area (Å²) in [6.45, 7) is 3.52. The highest BCUT2D eigenvalue weighted by atomic mass is 16.4. The fourth-order valence-corrected chi connectivity index (χ4v) is 1.70. The fourth-order valence-electron chi connectivity index (χ4n) is 1.70. The van der Waals surface area contributed by atoms with Gasteiger partial charge in [0.15, 0.2) is 11.5 Å². The Morgan fingerprint density at radius 2 is 1.86 bits per heavy atom. The molecule has 0 aromatic heterocycles. The van der Waals surface area contributed by atoms with Crippen LogP contribution in [0.3, 0.4) is 0 Å². The Morgan fingerprint density at radius 1 is 1.24 bits per heavy atom. The number of phenols is 2. The Kier molecular flexibility index (Phi) is 5.54. The second-order valence-electron chi connectivity index (χ2n) is 5.20. The lowest BCUT2D eigenvalue weighted by Crippen LogP contribution is -2.51. The molecule has 1 rings (SSSR count). The first-order valence-corrected chi connectivity index (χ1v) is 6.52. The minimum atomic E-state index is -1.20. The van der Waals surface area contributed by atoms with Gasteiger partial charge in [0.1, 0.15) is 6.04 Å². The second-order valence-corrected chi connectivity index (χ2v) is 5.20. The van der Waals surface area contributed by atoms with Crippen LogP contribution in [0, 0.1) is 5.92 Å². The zero-order valence-electron chi connectivity index (χ0n) is 11.9. The number of carboxylic acid groups (broad SMARTS) is 1. The molecule has 116 valence electrons. The average molecular weight is 296 g/mol. The molecule has 0 spiro atoms. The third-order valence-corrected chi connectivity index (χ3v) is 3.12. The molecule has 7 nitrogen and oxygen atoms in total. The number of hydrogen-bond acceptors (Lipinski definition) is 5. The maximum Gasteiger partial charge on any atom is 0.326 e. The first kappa shape index (κ1) is 16.8. The standard InChI is InChI=1S/C14H20N2O5/c1-7(2)12(15)13(19)16-9(14(20)21)5-8-3-4-10(17)11(18)6-8/h3-4,6-7,9,12,17-18H,5,15H2,1-2H3,(H,16,19)(H,20,21)/t9-,12?/m0/s1. The van der Waals surface area contributed by atoms with Crippen molar-refractivity contribution in [2.75, 3.05) is 0 Å². The highest BCUT2D eigenvalue weighted by Crippen LogP contribution is 2.25. The smallest absolute Gasteiger partial charge is 0.326 e. The zero-order chi connectivity index (χ0) is 16.2. The number of nitrogens with two attached hydrogens (primary N) is 1. The first-order valence-electron chi connectivity index (χ1n) is 6.52. The number of benzene rings is 1. The molecule has 0 heterocycles. The third-order valence-electron chi connectivity index (χ3n) is 3.12. The van der Waals surface area contributed by atoms with Crippen LogP contribution in [-0.4, -0.2) is 39.3 Å². The summed E-state index contributed by atoms with van der Waals surface area (Å²) in [7, 11) is 0. The van der Waals surface area contributed by atoms with Crippen LogP contribution < -0.4 is 11.1 Å². The van der Waals surface area contributed by atoms with E-state index in [1.807, 2.05) is 0 Å². The van der Waals surface area contributed by atoms with Crippen molar-refractivity contribution in [3.8, 4) is 11.5 Å². The molecule has 1 unspecified atom stereocenters. The van der Waals surface area contributed by atoms with Gasteiger partial charge in [-0.25, -0.2) is 4.79 Å². The van der Waals surface area contributed by atoms with Crippen LogP contribution in [0.15, 0.2) is 18.2 Å². The van der Waals surface area contributed by atoms with E-state index in [-0.39, 0.29) is 23.8 Å². The van der Waals surface area contributed by atoms with E-state index in [0.29, 0.717) is 5.56 Å². The van der Waals surface area contributed by atoms with E-state index >= 15 is 0 Å². The zero-order valence-corrected chi connectivity index (χ0v) is 11.9. The maximum atomic E-state index is 11.8. The van der Waals surface area contributed by atoms with E-state index < -0.39 is 24.0 Å². The van der Waals surface area contributed by atoms with Gasteiger partial charge in [-0.3, -0.25) is 4.79 Å². The molecule has 7 heteroatoms. The number of phenolic OH excluding ortho intramolecular Hbond substituents is 2. The quantitative estimate of drug-likeness (QED) is 0.476. The Labute approximate surface area is 122 Å². The second kappa shape index (κ2) is 6.94. The van der Waals surface area contributed by atoms with Gasteiger partial charge in [-0.1, -0.05) is 19.9 Å². The third kappa shape index (κ3) is 4.64. The Bertz CT molecular complexity index is 530. The molecule has 6 N–H and O–H groups in total. The molecule has 1 aromatic rings. The van der Waals surface area contributed by atoms with Crippen LogP contribution in [-0.2, 0) is 16.0 Å². The Balaban J connectivity index is 2.81. The lowest BCUT2D eigenvalue weighted by atomic mass is 10.0. The van der Waals surface area contributed by atoms with Gasteiger partial charge in [-0.05, 0) is 23.6 Å². The molecule has 0 aliphatic rings. The van der Waals surface area contributed by atoms with Gasteiger partial charge >= 0.3 is 5.97 Å². The molecule has 2 atom stereocenters. The highest BCUT2D eigenvalue weighted by Gasteiger charge is 2.25. The largest absolute Gasteiger partial charge is 0.504 e. The van der Waals surface area contributed by atoms with Gasteiger partial charge in [-0.2, -0.15) is 0 Å². The number of carboxylic acids is 1. The summed E-state index contributed by atoms with van der Waals surface area (Å²) in [6.07, 6.45) is -0.0280. The van der Waals surface area contributed by atoms with E-state index in [0.717, 1.165) is 0 Å². The number of aromatic hydroxyl groups is 2. The van der Waals surface area contributed by atoms with E-state index in [1.165, 1.54) is 18.2 Å². The number of carbonyl (C=O) groups is 2. The summed E-state index contributed by atoms with van der Waals surface area (Å²) < 4.78 is 0. The van der Waals surface area contributed by atoms with Crippen LogP contribution in [0.25, 0.3) is 0 Å². The minimum absolute atomic E-state index is 0.0280. The van der Waals surface area contributed by atoms with Crippen molar-refractivity contribution in [1.29, 1.82) is 0 Å². The van der Waals surface area contributed by atoms with Crippen molar-refractivity contribution >= 4 is 11.9 Å². The van der Waals surface area contributed by atoms with Gasteiger partial charge in [0.05, 0.1) is 6.04 Å².